The van der Waals surface area contributed by atoms with Gasteiger partial charge in [-0.3, -0.25) is 18.7 Å². The Bertz CT molecular complexity index is 925. The van der Waals surface area contributed by atoms with Gasteiger partial charge in [0.1, 0.15) is 0 Å². The number of carbonyl (C=O) groups excluding carboxylic acids is 1. The number of hydrogen-bond donors (Lipinski definition) is 0. The number of hydrogen-bond acceptors (Lipinski definition) is 5. The van der Waals surface area contributed by atoms with Gasteiger partial charge in [0.25, 0.3) is 5.56 Å². The van der Waals surface area contributed by atoms with Gasteiger partial charge >= 0.3 is 5.69 Å². The van der Waals surface area contributed by atoms with E-state index in [1.165, 1.54) is 17.9 Å². The largest absolute Gasteiger partial charge is 0.375 e. The lowest BCUT2D eigenvalue weighted by Crippen LogP contribution is -2.50. The molecule has 0 unspecified atom stereocenters. The minimum Gasteiger partial charge on any atom is -0.375 e. The molecule has 1 aliphatic heterocycles. The van der Waals surface area contributed by atoms with Crippen molar-refractivity contribution >= 4 is 17.1 Å². The van der Waals surface area contributed by atoms with E-state index in [4.69, 9.17) is 4.74 Å². The van der Waals surface area contributed by atoms with Crippen LogP contribution in [-0.2, 0) is 30.2 Å². The first-order chi connectivity index (χ1) is 11.8. The number of aryl methyl sites for hydroxylation is 2. The molecule has 0 saturated carbocycles. The molecule has 0 aromatic carbocycles. The van der Waals surface area contributed by atoms with E-state index in [0.717, 1.165) is 4.57 Å². The number of fused-ring (bicyclic) bond motifs is 1. The molecule has 0 spiro atoms. The third-order valence-corrected chi connectivity index (χ3v) is 4.71. The van der Waals surface area contributed by atoms with Gasteiger partial charge in [-0.1, -0.05) is 0 Å². The van der Waals surface area contributed by atoms with E-state index in [-0.39, 0.29) is 24.5 Å². The van der Waals surface area contributed by atoms with Crippen LogP contribution in [0.25, 0.3) is 11.2 Å². The molecule has 0 radical (unpaired) electrons. The molecule has 3 rings (SSSR count). The highest BCUT2D eigenvalue weighted by molar-refractivity contribution is 5.77. The van der Waals surface area contributed by atoms with Crippen molar-refractivity contribution in [2.24, 2.45) is 14.1 Å². The Hall–Kier alpha value is -2.42. The topological polar surface area (TPSA) is 91.4 Å². The Labute approximate surface area is 144 Å². The quantitative estimate of drug-likeness (QED) is 0.742. The zero-order valence-corrected chi connectivity index (χ0v) is 14.9. The number of amides is 1. The summed E-state index contributed by atoms with van der Waals surface area (Å²) in [6.45, 7) is 5.34. The molecule has 9 nitrogen and oxygen atoms in total. The molecule has 3 heterocycles. The van der Waals surface area contributed by atoms with Crippen molar-refractivity contribution < 1.29 is 9.53 Å². The summed E-state index contributed by atoms with van der Waals surface area (Å²) < 4.78 is 9.57. The lowest BCUT2D eigenvalue weighted by Gasteiger charge is -2.36. The second-order valence-electron chi connectivity index (χ2n) is 6.61. The second kappa shape index (κ2) is 6.47. The number of morpholine rings is 1. The smallest absolute Gasteiger partial charge is 0.332 e. The highest BCUT2D eigenvalue weighted by atomic mass is 16.5. The summed E-state index contributed by atoms with van der Waals surface area (Å²) in [4.78, 5) is 42.9. The maximum absolute atomic E-state index is 12.6. The molecule has 1 amide bonds. The normalized spacial score (nSPS) is 21.0. The van der Waals surface area contributed by atoms with Gasteiger partial charge in [0.15, 0.2) is 11.2 Å². The molecule has 2 atom stereocenters. The number of ether oxygens (including phenoxy) is 1. The average Bonchev–Trinajstić information content (AvgIpc) is 3.02. The molecule has 0 bridgehead atoms. The van der Waals surface area contributed by atoms with Crippen molar-refractivity contribution in [2.75, 3.05) is 13.2 Å². The Morgan fingerprint density at radius 2 is 2.00 bits per heavy atom. The Balaban J connectivity index is 1.83. The minimum atomic E-state index is -0.421. The first-order valence-corrected chi connectivity index (χ1v) is 8.33. The third kappa shape index (κ3) is 2.99. The summed E-state index contributed by atoms with van der Waals surface area (Å²) >= 11 is 0. The fourth-order valence-corrected chi connectivity index (χ4v) is 3.18. The summed E-state index contributed by atoms with van der Waals surface area (Å²) in [5, 5.41) is 0. The molecular weight excluding hydrogens is 326 g/mol. The molecule has 25 heavy (non-hydrogen) atoms. The van der Waals surface area contributed by atoms with Gasteiger partial charge in [0, 0.05) is 33.6 Å². The SMILES string of the molecule is C[C@@H]1CN(C(=O)CCn2cnc3c2c(=O)n(C)c(=O)n3C)[C@@H](C)CO1. The Morgan fingerprint density at radius 1 is 1.28 bits per heavy atom. The van der Waals surface area contributed by atoms with Crippen LogP contribution in [0.2, 0.25) is 0 Å². The highest BCUT2D eigenvalue weighted by Gasteiger charge is 2.27. The molecule has 1 aliphatic rings. The van der Waals surface area contributed by atoms with Crippen molar-refractivity contribution in [3.63, 3.8) is 0 Å². The van der Waals surface area contributed by atoms with E-state index in [1.54, 1.807) is 11.6 Å². The van der Waals surface area contributed by atoms with Crippen LogP contribution in [0.15, 0.2) is 15.9 Å². The molecule has 1 saturated heterocycles. The van der Waals surface area contributed by atoms with Gasteiger partial charge in [0.2, 0.25) is 5.91 Å². The lowest BCUT2D eigenvalue weighted by atomic mass is 10.2. The molecule has 136 valence electrons. The summed E-state index contributed by atoms with van der Waals surface area (Å²) in [6.07, 6.45) is 1.79. The fraction of sp³-hybridized carbons (Fsp3) is 0.625. The van der Waals surface area contributed by atoms with Crippen LogP contribution in [0.1, 0.15) is 20.3 Å². The van der Waals surface area contributed by atoms with Crippen LogP contribution in [0.4, 0.5) is 0 Å². The van der Waals surface area contributed by atoms with Crippen molar-refractivity contribution in [3.05, 3.63) is 27.2 Å². The molecule has 2 aromatic rings. The number of aromatic nitrogens is 4. The Kier molecular flexibility index (Phi) is 4.51. The average molecular weight is 349 g/mol. The van der Waals surface area contributed by atoms with Crippen LogP contribution in [0.5, 0.6) is 0 Å². The van der Waals surface area contributed by atoms with Gasteiger partial charge in [-0.05, 0) is 13.8 Å². The Morgan fingerprint density at radius 3 is 2.72 bits per heavy atom. The number of rotatable bonds is 3. The third-order valence-electron chi connectivity index (χ3n) is 4.71. The van der Waals surface area contributed by atoms with E-state index < -0.39 is 11.2 Å². The van der Waals surface area contributed by atoms with E-state index in [0.29, 0.717) is 30.9 Å². The van der Waals surface area contributed by atoms with E-state index in [9.17, 15) is 14.4 Å². The van der Waals surface area contributed by atoms with Crippen molar-refractivity contribution in [3.8, 4) is 0 Å². The zero-order chi connectivity index (χ0) is 18.3. The van der Waals surface area contributed by atoms with Crippen LogP contribution in [-0.4, -0.2) is 54.8 Å². The highest BCUT2D eigenvalue weighted by Crippen LogP contribution is 2.14. The lowest BCUT2D eigenvalue weighted by molar-refractivity contribution is -0.143. The van der Waals surface area contributed by atoms with Gasteiger partial charge in [-0.15, -0.1) is 0 Å². The van der Waals surface area contributed by atoms with Crippen LogP contribution < -0.4 is 11.2 Å². The van der Waals surface area contributed by atoms with E-state index in [2.05, 4.69) is 4.98 Å². The van der Waals surface area contributed by atoms with Crippen molar-refractivity contribution in [1.29, 1.82) is 0 Å². The first-order valence-electron chi connectivity index (χ1n) is 8.33. The summed E-state index contributed by atoms with van der Waals surface area (Å²) in [6, 6.07) is 0.0388. The van der Waals surface area contributed by atoms with Gasteiger partial charge in [-0.25, -0.2) is 9.78 Å². The minimum absolute atomic E-state index is 0.0196. The zero-order valence-electron chi connectivity index (χ0n) is 14.9. The summed E-state index contributed by atoms with van der Waals surface area (Å²) in [5.74, 6) is 0.0196. The van der Waals surface area contributed by atoms with E-state index >= 15 is 0 Å². The standard InChI is InChI=1S/C16H23N5O4/c1-10-8-25-11(2)7-21(10)12(22)5-6-20-9-17-14-13(20)15(23)19(4)16(24)18(14)3/h9-11H,5-8H2,1-4H3/t10-,11+/m0/s1. The van der Waals surface area contributed by atoms with Crippen LogP contribution in [0.3, 0.4) is 0 Å². The van der Waals surface area contributed by atoms with Crippen molar-refractivity contribution in [2.45, 2.75) is 39.0 Å². The molecular formula is C16H23N5O4. The van der Waals surface area contributed by atoms with Gasteiger partial charge in [0.05, 0.1) is 25.1 Å². The van der Waals surface area contributed by atoms with Crippen LogP contribution in [0, 0.1) is 0 Å². The predicted octanol–water partition coefficient (Wildman–Crippen LogP) is -0.540. The molecule has 0 N–H and O–H groups in total. The van der Waals surface area contributed by atoms with Gasteiger partial charge in [-0.2, -0.15) is 0 Å². The monoisotopic (exact) mass is 349 g/mol. The molecule has 9 heteroatoms. The molecule has 1 fully saturated rings. The first kappa shape index (κ1) is 17.4. The molecule has 2 aromatic heterocycles. The maximum Gasteiger partial charge on any atom is 0.332 e. The maximum atomic E-state index is 12.6. The number of imidazole rings is 1. The summed E-state index contributed by atoms with van der Waals surface area (Å²) in [7, 11) is 3.01. The van der Waals surface area contributed by atoms with E-state index in [1.807, 2.05) is 18.7 Å². The number of carbonyl (C=O) groups is 1. The molecule has 0 aliphatic carbocycles. The van der Waals surface area contributed by atoms with Crippen LogP contribution >= 0.6 is 0 Å². The summed E-state index contributed by atoms with van der Waals surface area (Å²) in [5.41, 5.74) is -0.166. The van der Waals surface area contributed by atoms with Gasteiger partial charge < -0.3 is 14.2 Å². The fourth-order valence-electron chi connectivity index (χ4n) is 3.18. The second-order valence-corrected chi connectivity index (χ2v) is 6.61. The van der Waals surface area contributed by atoms with Crippen molar-refractivity contribution in [1.82, 2.24) is 23.6 Å². The predicted molar refractivity (Wildman–Crippen MR) is 91.4 cm³/mol. The number of nitrogens with zero attached hydrogens (tertiary/aromatic N) is 5.